The number of nitrogens with zero attached hydrogens (tertiary/aromatic N) is 1. The minimum Gasteiger partial charge on any atom is -0.454 e. The van der Waals surface area contributed by atoms with Crippen molar-refractivity contribution in [3.63, 3.8) is 0 Å². The van der Waals surface area contributed by atoms with Crippen LogP contribution in [0.2, 0.25) is 0 Å². The van der Waals surface area contributed by atoms with Gasteiger partial charge in [0, 0.05) is 0 Å². The zero-order valence-corrected chi connectivity index (χ0v) is 13.9. The zero-order valence-electron chi connectivity index (χ0n) is 13.1. The van der Waals surface area contributed by atoms with E-state index in [1.54, 1.807) is 37.3 Å². The Balaban J connectivity index is 1.70. The summed E-state index contributed by atoms with van der Waals surface area (Å²) in [4.78, 5) is 16.4. The average molecular weight is 364 g/mol. The summed E-state index contributed by atoms with van der Waals surface area (Å²) in [5.74, 6) is -0.445. The van der Waals surface area contributed by atoms with Crippen LogP contribution in [0.1, 0.15) is 28.9 Å². The fraction of sp³-hybridized carbons (Fsp3) is 0.176. The van der Waals surface area contributed by atoms with Gasteiger partial charge in [-0.15, -0.1) is 0 Å². The lowest BCUT2D eigenvalue weighted by molar-refractivity contribution is -0.0498. The number of alkyl halides is 2. The first kappa shape index (κ1) is 17.1. The Morgan fingerprint density at radius 1 is 1.20 bits per heavy atom. The predicted octanol–water partition coefficient (Wildman–Crippen LogP) is 4.40. The topological polar surface area (TPSA) is 74.4 Å². The summed E-state index contributed by atoms with van der Waals surface area (Å²) < 4.78 is 34.8. The normalized spacial score (nSPS) is 12.3. The van der Waals surface area contributed by atoms with Gasteiger partial charge < -0.3 is 15.2 Å². The van der Waals surface area contributed by atoms with Gasteiger partial charge in [-0.2, -0.15) is 8.78 Å². The monoisotopic (exact) mass is 364 g/mol. The van der Waals surface area contributed by atoms with Crippen molar-refractivity contribution >= 4 is 32.7 Å². The quantitative estimate of drug-likeness (QED) is 0.679. The highest BCUT2D eigenvalue weighted by Gasteiger charge is 2.15. The molecule has 1 aromatic heterocycles. The number of aromatic nitrogens is 1. The number of anilines is 1. The number of ether oxygens (including phenoxy) is 2. The van der Waals surface area contributed by atoms with Gasteiger partial charge in [0.05, 0.1) is 15.8 Å². The van der Waals surface area contributed by atoms with E-state index in [1.807, 2.05) is 0 Å². The van der Waals surface area contributed by atoms with E-state index in [0.717, 1.165) is 10.2 Å². The number of nitrogen functional groups attached to an aromatic ring is 1. The van der Waals surface area contributed by atoms with Crippen LogP contribution in [0.5, 0.6) is 5.75 Å². The number of benzene rings is 2. The van der Waals surface area contributed by atoms with E-state index < -0.39 is 18.7 Å². The second-order valence-corrected chi connectivity index (χ2v) is 6.29. The molecule has 1 atom stereocenters. The number of nitrogens with two attached hydrogens (primary N) is 1. The van der Waals surface area contributed by atoms with Gasteiger partial charge in [-0.05, 0) is 42.8 Å². The third-order valence-corrected chi connectivity index (χ3v) is 4.35. The van der Waals surface area contributed by atoms with Gasteiger partial charge in [-0.25, -0.2) is 9.78 Å². The van der Waals surface area contributed by atoms with Gasteiger partial charge in [-0.3, -0.25) is 0 Å². The number of halogens is 2. The Morgan fingerprint density at radius 3 is 2.60 bits per heavy atom. The largest absolute Gasteiger partial charge is 0.454 e. The summed E-state index contributed by atoms with van der Waals surface area (Å²) in [6, 6.07) is 11.0. The molecule has 0 spiro atoms. The van der Waals surface area contributed by atoms with Crippen molar-refractivity contribution in [1.82, 2.24) is 4.98 Å². The van der Waals surface area contributed by atoms with E-state index in [9.17, 15) is 13.6 Å². The van der Waals surface area contributed by atoms with Gasteiger partial charge >= 0.3 is 12.6 Å². The number of carbonyl (C=O) groups is 1. The summed E-state index contributed by atoms with van der Waals surface area (Å²) in [6.07, 6.45) is -0.546. The Labute approximate surface area is 146 Å². The number of rotatable bonds is 5. The number of esters is 1. The number of fused-ring (bicyclic) bond motifs is 1. The number of thiazole rings is 1. The van der Waals surface area contributed by atoms with Crippen molar-refractivity contribution in [2.24, 2.45) is 0 Å². The van der Waals surface area contributed by atoms with Crippen LogP contribution in [0, 0.1) is 0 Å². The molecule has 130 valence electrons. The maximum atomic E-state index is 12.3. The molecular weight excluding hydrogens is 350 g/mol. The molecule has 5 nitrogen and oxygen atoms in total. The van der Waals surface area contributed by atoms with Gasteiger partial charge in [0.2, 0.25) is 0 Å². The lowest BCUT2D eigenvalue weighted by Crippen LogP contribution is -2.09. The summed E-state index contributed by atoms with van der Waals surface area (Å²) in [5.41, 5.74) is 7.43. The first-order valence-electron chi connectivity index (χ1n) is 7.34. The highest BCUT2D eigenvalue weighted by molar-refractivity contribution is 7.22. The molecule has 1 heterocycles. The van der Waals surface area contributed by atoms with Gasteiger partial charge in [0.25, 0.3) is 0 Å². The van der Waals surface area contributed by atoms with Crippen LogP contribution >= 0.6 is 11.3 Å². The predicted molar refractivity (Wildman–Crippen MR) is 90.9 cm³/mol. The fourth-order valence-electron chi connectivity index (χ4n) is 2.29. The molecule has 0 fully saturated rings. The second-order valence-electron chi connectivity index (χ2n) is 5.23. The maximum Gasteiger partial charge on any atom is 0.387 e. The zero-order chi connectivity index (χ0) is 18.0. The van der Waals surface area contributed by atoms with Crippen molar-refractivity contribution in [2.75, 3.05) is 5.73 Å². The molecule has 3 rings (SSSR count). The molecule has 0 bridgehead atoms. The molecule has 0 radical (unpaired) electrons. The molecule has 8 heteroatoms. The molecule has 0 aliphatic carbocycles. The first-order chi connectivity index (χ1) is 11.9. The van der Waals surface area contributed by atoms with Crippen molar-refractivity contribution in [1.29, 1.82) is 0 Å². The van der Waals surface area contributed by atoms with Crippen LogP contribution in [0.4, 0.5) is 13.9 Å². The average Bonchev–Trinajstić information content (AvgIpc) is 2.93. The Bertz CT molecular complexity index is 897. The van der Waals surface area contributed by atoms with Crippen LogP contribution < -0.4 is 10.5 Å². The highest BCUT2D eigenvalue weighted by atomic mass is 32.1. The standard InChI is InChI=1S/C17H14F2N2O3S/c1-9(10-2-5-12(6-3-10)24-16(18)19)23-15(22)11-4-7-13-14(8-11)25-17(20)21-13/h2-9,16H,1H3,(H2,20,21)/t9-/m0/s1. The van der Waals surface area contributed by atoms with Crippen molar-refractivity contribution < 1.29 is 23.0 Å². The Hall–Kier alpha value is -2.74. The molecular formula is C17H14F2N2O3S. The molecule has 0 amide bonds. The first-order valence-corrected chi connectivity index (χ1v) is 8.16. The van der Waals surface area contributed by atoms with E-state index in [-0.39, 0.29) is 5.75 Å². The summed E-state index contributed by atoms with van der Waals surface area (Å²) in [6.45, 7) is -1.18. The van der Waals surface area contributed by atoms with E-state index in [4.69, 9.17) is 10.5 Å². The van der Waals surface area contributed by atoms with E-state index in [1.165, 1.54) is 23.5 Å². The molecule has 3 aromatic rings. The van der Waals surface area contributed by atoms with E-state index >= 15 is 0 Å². The van der Waals surface area contributed by atoms with Crippen LogP contribution in [0.15, 0.2) is 42.5 Å². The van der Waals surface area contributed by atoms with Crippen LogP contribution in [0.3, 0.4) is 0 Å². The number of hydrogen-bond donors (Lipinski definition) is 1. The van der Waals surface area contributed by atoms with Gasteiger partial charge in [0.1, 0.15) is 11.9 Å². The third-order valence-electron chi connectivity index (χ3n) is 3.50. The molecule has 0 unspecified atom stereocenters. The van der Waals surface area contributed by atoms with Crippen molar-refractivity contribution in [3.05, 3.63) is 53.6 Å². The minimum absolute atomic E-state index is 0.0468. The number of hydrogen-bond acceptors (Lipinski definition) is 6. The van der Waals surface area contributed by atoms with Crippen LogP contribution in [-0.4, -0.2) is 17.6 Å². The van der Waals surface area contributed by atoms with Crippen molar-refractivity contribution in [2.45, 2.75) is 19.6 Å². The SMILES string of the molecule is C[C@H](OC(=O)c1ccc2nc(N)sc2c1)c1ccc(OC(F)F)cc1. The van der Waals surface area contributed by atoms with Crippen LogP contribution in [-0.2, 0) is 4.74 Å². The lowest BCUT2D eigenvalue weighted by Gasteiger charge is -2.14. The molecule has 2 N–H and O–H groups in total. The van der Waals surface area contributed by atoms with Gasteiger partial charge in [-0.1, -0.05) is 23.5 Å². The number of carbonyl (C=O) groups excluding carboxylic acids is 1. The fourth-order valence-corrected chi connectivity index (χ4v) is 3.06. The molecule has 2 aromatic carbocycles. The summed E-state index contributed by atoms with van der Waals surface area (Å²) >= 11 is 1.29. The van der Waals surface area contributed by atoms with Crippen LogP contribution in [0.25, 0.3) is 10.2 Å². The maximum absolute atomic E-state index is 12.3. The highest BCUT2D eigenvalue weighted by Crippen LogP contribution is 2.26. The molecule has 25 heavy (non-hydrogen) atoms. The van der Waals surface area contributed by atoms with Crippen molar-refractivity contribution in [3.8, 4) is 5.75 Å². The van der Waals surface area contributed by atoms with E-state index in [2.05, 4.69) is 9.72 Å². The summed E-state index contributed by atoms with van der Waals surface area (Å²) in [5, 5.41) is 0.431. The molecule has 0 saturated heterocycles. The molecule has 0 aliphatic rings. The second kappa shape index (κ2) is 7.02. The summed E-state index contributed by atoms with van der Waals surface area (Å²) in [7, 11) is 0. The smallest absolute Gasteiger partial charge is 0.387 e. The lowest BCUT2D eigenvalue weighted by atomic mass is 10.1. The van der Waals surface area contributed by atoms with Gasteiger partial charge in [0.15, 0.2) is 5.13 Å². The molecule has 0 saturated carbocycles. The molecule has 0 aliphatic heterocycles. The van der Waals surface area contributed by atoms with E-state index in [0.29, 0.717) is 16.3 Å². The Morgan fingerprint density at radius 2 is 1.92 bits per heavy atom. The third kappa shape index (κ3) is 4.03. The Kier molecular flexibility index (Phi) is 4.80. The minimum atomic E-state index is -2.88.